The van der Waals surface area contributed by atoms with Gasteiger partial charge in [0.2, 0.25) is 10.0 Å². The normalized spacial score (nSPS) is 18.5. The van der Waals surface area contributed by atoms with Crippen molar-refractivity contribution in [2.45, 2.75) is 42.7 Å². The van der Waals surface area contributed by atoms with E-state index in [0.717, 1.165) is 31.2 Å². The van der Waals surface area contributed by atoms with Crippen LogP contribution in [0.25, 0.3) is 0 Å². The number of hydrogen-bond acceptors (Lipinski definition) is 6. The molecule has 1 saturated heterocycles. The van der Waals surface area contributed by atoms with Gasteiger partial charge in [0.25, 0.3) is 5.91 Å². The van der Waals surface area contributed by atoms with Gasteiger partial charge in [0, 0.05) is 29.8 Å². The molecule has 1 amide bonds. The Hall–Kier alpha value is -2.78. The van der Waals surface area contributed by atoms with Crippen molar-refractivity contribution < 1.29 is 27.4 Å². The summed E-state index contributed by atoms with van der Waals surface area (Å²) in [7, 11) is 0.814. The predicted octanol–water partition coefficient (Wildman–Crippen LogP) is 3.13. The molecule has 2 aromatic carbocycles. The zero-order valence-electron chi connectivity index (χ0n) is 18.5. The number of hydrogen-bond donors (Lipinski definition) is 1. The van der Waals surface area contributed by atoms with Gasteiger partial charge in [-0.05, 0) is 56.0 Å². The molecule has 0 spiro atoms. The topological polar surface area (TPSA) is 94.2 Å². The van der Waals surface area contributed by atoms with Crippen LogP contribution < -0.4 is 18.9 Å². The van der Waals surface area contributed by atoms with Crippen LogP contribution in [-0.2, 0) is 10.0 Å². The molecule has 2 fully saturated rings. The SMILES string of the molecule is COc1ccc([C@H]2CCCN2C(=O)c2ccc(OC)c(S(=O)(=O)NC3CC3)c2)c(OC)c1. The summed E-state index contributed by atoms with van der Waals surface area (Å²) in [6.07, 6.45) is 3.27. The Balaban J connectivity index is 1.66. The van der Waals surface area contributed by atoms with Crippen LogP contribution in [0.15, 0.2) is 41.3 Å². The van der Waals surface area contributed by atoms with Crippen LogP contribution in [0, 0.1) is 0 Å². The summed E-state index contributed by atoms with van der Waals surface area (Å²) in [5, 5.41) is 0. The van der Waals surface area contributed by atoms with Crippen molar-refractivity contribution in [3.63, 3.8) is 0 Å². The minimum absolute atomic E-state index is 0.0180. The van der Waals surface area contributed by atoms with Crippen molar-refractivity contribution in [1.82, 2.24) is 9.62 Å². The number of methoxy groups -OCH3 is 3. The van der Waals surface area contributed by atoms with E-state index in [0.29, 0.717) is 23.6 Å². The Morgan fingerprint density at radius 1 is 0.969 bits per heavy atom. The molecule has 0 radical (unpaired) electrons. The molecule has 9 heteroatoms. The molecular weight excluding hydrogens is 432 g/mol. The number of amides is 1. The van der Waals surface area contributed by atoms with Gasteiger partial charge in [0.1, 0.15) is 22.1 Å². The number of benzene rings is 2. The molecule has 1 heterocycles. The highest BCUT2D eigenvalue weighted by Gasteiger charge is 2.34. The molecule has 2 aliphatic rings. The van der Waals surface area contributed by atoms with Crippen LogP contribution in [0.5, 0.6) is 17.2 Å². The molecule has 0 aromatic heterocycles. The van der Waals surface area contributed by atoms with E-state index in [1.165, 1.54) is 19.2 Å². The van der Waals surface area contributed by atoms with Crippen molar-refractivity contribution in [2.24, 2.45) is 0 Å². The molecule has 1 N–H and O–H groups in total. The zero-order chi connectivity index (χ0) is 22.9. The van der Waals surface area contributed by atoms with Gasteiger partial charge in [0.15, 0.2) is 0 Å². The van der Waals surface area contributed by atoms with Gasteiger partial charge in [-0.2, -0.15) is 0 Å². The van der Waals surface area contributed by atoms with Gasteiger partial charge >= 0.3 is 0 Å². The number of nitrogens with one attached hydrogen (secondary N) is 1. The predicted molar refractivity (Wildman–Crippen MR) is 119 cm³/mol. The number of rotatable bonds is 8. The van der Waals surface area contributed by atoms with Crippen molar-refractivity contribution in [1.29, 1.82) is 0 Å². The average molecular weight is 461 g/mol. The quantitative estimate of drug-likeness (QED) is 0.651. The molecule has 1 saturated carbocycles. The maximum absolute atomic E-state index is 13.5. The average Bonchev–Trinajstić information content (AvgIpc) is 3.48. The van der Waals surface area contributed by atoms with Crippen LogP contribution in [-0.4, -0.2) is 53.1 Å². The maximum atomic E-state index is 13.5. The van der Waals surface area contributed by atoms with E-state index in [2.05, 4.69) is 4.72 Å². The summed E-state index contributed by atoms with van der Waals surface area (Å²) in [5.41, 5.74) is 1.21. The van der Waals surface area contributed by atoms with Crippen molar-refractivity contribution in [3.8, 4) is 17.2 Å². The summed E-state index contributed by atoms with van der Waals surface area (Å²) >= 11 is 0. The molecule has 0 bridgehead atoms. The number of sulfonamides is 1. The van der Waals surface area contributed by atoms with Gasteiger partial charge < -0.3 is 19.1 Å². The third kappa shape index (κ3) is 4.40. The highest BCUT2D eigenvalue weighted by Crippen LogP contribution is 2.40. The number of carbonyl (C=O) groups is 1. The van der Waals surface area contributed by atoms with E-state index in [-0.39, 0.29) is 28.6 Å². The van der Waals surface area contributed by atoms with Gasteiger partial charge in [-0.3, -0.25) is 4.79 Å². The van der Waals surface area contributed by atoms with Gasteiger partial charge in [-0.15, -0.1) is 0 Å². The minimum atomic E-state index is -3.78. The van der Waals surface area contributed by atoms with Crippen LogP contribution >= 0.6 is 0 Å². The summed E-state index contributed by atoms with van der Waals surface area (Å²) in [4.78, 5) is 15.2. The fourth-order valence-corrected chi connectivity index (χ4v) is 5.60. The molecule has 2 aromatic rings. The highest BCUT2D eigenvalue weighted by atomic mass is 32.2. The molecular formula is C23H28N2O6S. The van der Waals surface area contributed by atoms with E-state index >= 15 is 0 Å². The number of nitrogens with zero attached hydrogens (tertiary/aromatic N) is 1. The van der Waals surface area contributed by atoms with Crippen molar-refractivity contribution in [2.75, 3.05) is 27.9 Å². The molecule has 0 unspecified atom stereocenters. The van der Waals surface area contributed by atoms with Crippen LogP contribution in [0.3, 0.4) is 0 Å². The molecule has 1 atom stereocenters. The lowest BCUT2D eigenvalue weighted by Gasteiger charge is -2.27. The second-order valence-corrected chi connectivity index (χ2v) is 9.71. The van der Waals surface area contributed by atoms with Crippen LogP contribution in [0.4, 0.5) is 0 Å². The lowest BCUT2D eigenvalue weighted by atomic mass is 10.0. The summed E-state index contributed by atoms with van der Waals surface area (Å²) in [6, 6.07) is 9.90. The van der Waals surface area contributed by atoms with Crippen LogP contribution in [0.2, 0.25) is 0 Å². The fraction of sp³-hybridized carbons (Fsp3) is 0.435. The first-order chi connectivity index (χ1) is 15.4. The Bertz CT molecular complexity index is 1110. The Kier molecular flexibility index (Phi) is 6.30. The summed E-state index contributed by atoms with van der Waals surface area (Å²) in [5.74, 6) is 1.32. The zero-order valence-corrected chi connectivity index (χ0v) is 19.3. The Labute approximate surface area is 188 Å². The van der Waals surface area contributed by atoms with Gasteiger partial charge in [0.05, 0.1) is 27.4 Å². The van der Waals surface area contributed by atoms with Crippen molar-refractivity contribution in [3.05, 3.63) is 47.5 Å². The molecule has 1 aliphatic heterocycles. The third-order valence-electron chi connectivity index (χ3n) is 5.91. The first kappa shape index (κ1) is 22.4. The fourth-order valence-electron chi connectivity index (χ4n) is 4.10. The van der Waals surface area contributed by atoms with E-state index in [1.54, 1.807) is 31.3 Å². The maximum Gasteiger partial charge on any atom is 0.254 e. The smallest absolute Gasteiger partial charge is 0.254 e. The second-order valence-electron chi connectivity index (χ2n) is 8.03. The first-order valence-electron chi connectivity index (χ1n) is 10.6. The monoisotopic (exact) mass is 460 g/mol. The Morgan fingerprint density at radius 3 is 2.38 bits per heavy atom. The lowest BCUT2D eigenvalue weighted by Crippen LogP contribution is -2.31. The van der Waals surface area contributed by atoms with Crippen molar-refractivity contribution >= 4 is 15.9 Å². The summed E-state index contributed by atoms with van der Waals surface area (Å²) in [6.45, 7) is 0.577. The standard InChI is InChI=1S/C23H28N2O6S/c1-29-17-9-10-18(21(14-17)31-3)19-5-4-12-25(19)23(26)15-6-11-20(30-2)22(13-15)32(27,28)24-16-7-8-16/h6,9-11,13-14,16,19,24H,4-5,7-8,12H2,1-3H3/t19-/m1/s1. The lowest BCUT2D eigenvalue weighted by molar-refractivity contribution is 0.0734. The van der Waals surface area contributed by atoms with E-state index < -0.39 is 10.0 Å². The summed E-state index contributed by atoms with van der Waals surface area (Å²) < 4.78 is 44.4. The van der Waals surface area contributed by atoms with Gasteiger partial charge in [-0.1, -0.05) is 0 Å². The highest BCUT2D eigenvalue weighted by molar-refractivity contribution is 7.89. The van der Waals surface area contributed by atoms with Gasteiger partial charge in [-0.25, -0.2) is 13.1 Å². The Morgan fingerprint density at radius 2 is 1.72 bits per heavy atom. The molecule has 32 heavy (non-hydrogen) atoms. The van der Waals surface area contributed by atoms with Crippen LogP contribution in [0.1, 0.15) is 47.6 Å². The molecule has 4 rings (SSSR count). The third-order valence-corrected chi connectivity index (χ3v) is 7.45. The van der Waals surface area contributed by atoms with E-state index in [1.807, 2.05) is 12.1 Å². The molecule has 172 valence electrons. The molecule has 8 nitrogen and oxygen atoms in total. The molecule has 1 aliphatic carbocycles. The number of likely N-dealkylation sites (tertiary alicyclic amines) is 1. The van der Waals surface area contributed by atoms with E-state index in [4.69, 9.17) is 14.2 Å². The second kappa shape index (κ2) is 8.99. The number of carbonyl (C=O) groups excluding carboxylic acids is 1. The largest absolute Gasteiger partial charge is 0.497 e. The first-order valence-corrected chi connectivity index (χ1v) is 12.1. The van der Waals surface area contributed by atoms with E-state index in [9.17, 15) is 13.2 Å². The minimum Gasteiger partial charge on any atom is -0.497 e. The number of ether oxygens (including phenoxy) is 3.